The second-order valence-electron chi connectivity index (χ2n) is 8.08. The minimum Gasteiger partial charge on any atom is -0.371 e. The largest absolute Gasteiger partial charge is 0.371 e. The van der Waals surface area contributed by atoms with Gasteiger partial charge in [0.05, 0.1) is 12.7 Å². The lowest BCUT2D eigenvalue weighted by atomic mass is 10.1. The third-order valence-corrected chi connectivity index (χ3v) is 5.90. The molecule has 1 N–H and O–H groups in total. The summed E-state index contributed by atoms with van der Waals surface area (Å²) in [4.78, 5) is 19.4. The number of nitrogens with zero attached hydrogens (tertiary/aromatic N) is 6. The van der Waals surface area contributed by atoms with Crippen molar-refractivity contribution in [3.63, 3.8) is 0 Å². The Labute approximate surface area is 172 Å². The van der Waals surface area contributed by atoms with Crippen molar-refractivity contribution in [2.75, 3.05) is 64.3 Å². The summed E-state index contributed by atoms with van der Waals surface area (Å²) in [5, 5.41) is 11.6. The van der Waals surface area contributed by atoms with Crippen LogP contribution in [0.25, 0.3) is 0 Å². The van der Waals surface area contributed by atoms with Gasteiger partial charge in [-0.2, -0.15) is 0 Å². The van der Waals surface area contributed by atoms with Gasteiger partial charge in [-0.15, -0.1) is 5.10 Å². The molecule has 0 spiro atoms. The molecule has 1 atom stereocenters. The van der Waals surface area contributed by atoms with Crippen LogP contribution in [0.1, 0.15) is 16.9 Å². The fourth-order valence-corrected chi connectivity index (χ4v) is 4.21. The van der Waals surface area contributed by atoms with Gasteiger partial charge < -0.3 is 15.1 Å². The van der Waals surface area contributed by atoms with Crippen molar-refractivity contribution in [2.24, 2.45) is 5.92 Å². The number of aromatic nitrogens is 3. The fraction of sp³-hybridized carbons (Fsp3) is 0.571. The van der Waals surface area contributed by atoms with Gasteiger partial charge in [0.15, 0.2) is 5.69 Å². The van der Waals surface area contributed by atoms with Crippen molar-refractivity contribution in [1.82, 2.24) is 30.1 Å². The molecule has 29 heavy (non-hydrogen) atoms. The van der Waals surface area contributed by atoms with Crippen LogP contribution in [0.2, 0.25) is 0 Å². The number of benzene rings is 1. The molecule has 0 radical (unpaired) electrons. The minimum absolute atomic E-state index is 0.0448. The van der Waals surface area contributed by atoms with Gasteiger partial charge >= 0.3 is 0 Å². The summed E-state index contributed by atoms with van der Waals surface area (Å²) in [7, 11) is 1.87. The summed E-state index contributed by atoms with van der Waals surface area (Å²) in [6.07, 6.45) is 2.88. The maximum atomic E-state index is 12.8. The summed E-state index contributed by atoms with van der Waals surface area (Å²) in [6.45, 7) is 8.66. The predicted octanol–water partition coefficient (Wildman–Crippen LogP) is 0.782. The Balaban J connectivity index is 1.25. The quantitative estimate of drug-likeness (QED) is 0.745. The number of para-hydroxylation sites is 1. The van der Waals surface area contributed by atoms with Gasteiger partial charge in [0.25, 0.3) is 5.91 Å². The van der Waals surface area contributed by atoms with E-state index in [1.807, 2.05) is 13.1 Å². The van der Waals surface area contributed by atoms with Gasteiger partial charge in [0.2, 0.25) is 0 Å². The highest BCUT2D eigenvalue weighted by molar-refractivity contribution is 5.91. The number of nitrogens with one attached hydrogen (secondary N) is 1. The number of carbonyl (C=O) groups excluding carboxylic acids is 1. The van der Waals surface area contributed by atoms with Crippen molar-refractivity contribution < 1.29 is 4.79 Å². The lowest BCUT2D eigenvalue weighted by molar-refractivity contribution is 0.0770. The van der Waals surface area contributed by atoms with Crippen LogP contribution in [-0.2, 0) is 6.54 Å². The van der Waals surface area contributed by atoms with Crippen molar-refractivity contribution in [3.8, 4) is 0 Å². The Hall–Kier alpha value is -2.45. The zero-order valence-corrected chi connectivity index (χ0v) is 17.2. The molecule has 3 heterocycles. The van der Waals surface area contributed by atoms with Gasteiger partial charge in [-0.3, -0.25) is 14.4 Å². The van der Waals surface area contributed by atoms with Crippen LogP contribution in [0.15, 0.2) is 36.5 Å². The van der Waals surface area contributed by atoms with E-state index < -0.39 is 0 Å². The van der Waals surface area contributed by atoms with E-state index in [0.29, 0.717) is 11.6 Å². The van der Waals surface area contributed by atoms with Crippen LogP contribution < -0.4 is 10.2 Å². The number of rotatable bonds is 7. The summed E-state index contributed by atoms with van der Waals surface area (Å²) in [6, 6.07) is 10.5. The number of piperazine rings is 1. The smallest absolute Gasteiger partial charge is 0.275 e. The van der Waals surface area contributed by atoms with E-state index in [1.165, 1.54) is 5.69 Å². The SMILES string of the molecule is CN(C[C@H]1CCN(c2ccccc2)C1)C(=O)c1cn(CCN2CCNCC2)nn1. The first-order chi connectivity index (χ1) is 14.2. The molecule has 4 rings (SSSR count). The lowest BCUT2D eigenvalue weighted by Crippen LogP contribution is -2.44. The molecule has 2 aliphatic rings. The minimum atomic E-state index is -0.0448. The molecule has 0 unspecified atom stereocenters. The molecule has 2 aromatic rings. The van der Waals surface area contributed by atoms with Crippen LogP contribution in [-0.4, -0.2) is 90.1 Å². The van der Waals surface area contributed by atoms with Gasteiger partial charge in [-0.25, -0.2) is 0 Å². The molecular formula is C21H31N7O. The second kappa shape index (κ2) is 9.37. The first kappa shape index (κ1) is 19.8. The average Bonchev–Trinajstić information content (AvgIpc) is 3.43. The standard InChI is InChI=1S/C21H31N7O/c1-25(15-18-7-10-27(16-18)19-5-3-2-4-6-19)21(29)20-17-28(24-23-20)14-13-26-11-8-22-9-12-26/h2-6,17-18,22H,7-16H2,1H3/t18-/m1/s1. The highest BCUT2D eigenvalue weighted by Crippen LogP contribution is 2.24. The zero-order valence-electron chi connectivity index (χ0n) is 17.2. The van der Waals surface area contributed by atoms with E-state index in [1.54, 1.807) is 15.8 Å². The highest BCUT2D eigenvalue weighted by Gasteiger charge is 2.26. The maximum absolute atomic E-state index is 12.8. The zero-order chi connectivity index (χ0) is 20.1. The lowest BCUT2D eigenvalue weighted by Gasteiger charge is -2.26. The van der Waals surface area contributed by atoms with Crippen molar-refractivity contribution in [1.29, 1.82) is 0 Å². The molecular weight excluding hydrogens is 366 g/mol. The number of hydrogen-bond acceptors (Lipinski definition) is 6. The normalized spacial score (nSPS) is 20.2. The third kappa shape index (κ3) is 5.13. The molecule has 0 saturated carbocycles. The molecule has 2 fully saturated rings. The molecule has 2 aliphatic heterocycles. The van der Waals surface area contributed by atoms with Gasteiger partial charge in [0, 0.05) is 65.1 Å². The molecule has 8 nitrogen and oxygen atoms in total. The Bertz CT molecular complexity index is 787. The van der Waals surface area contributed by atoms with Gasteiger partial charge in [-0.1, -0.05) is 23.4 Å². The van der Waals surface area contributed by atoms with E-state index in [2.05, 4.69) is 49.7 Å². The van der Waals surface area contributed by atoms with Crippen molar-refractivity contribution in [3.05, 3.63) is 42.2 Å². The highest BCUT2D eigenvalue weighted by atomic mass is 16.2. The first-order valence-electron chi connectivity index (χ1n) is 10.6. The van der Waals surface area contributed by atoms with E-state index >= 15 is 0 Å². The van der Waals surface area contributed by atoms with Crippen LogP contribution in [0, 0.1) is 5.92 Å². The molecule has 1 amide bonds. The Morgan fingerprint density at radius 1 is 1.17 bits per heavy atom. The summed E-state index contributed by atoms with van der Waals surface area (Å²) in [5.74, 6) is 0.434. The second-order valence-corrected chi connectivity index (χ2v) is 8.08. The third-order valence-electron chi connectivity index (χ3n) is 5.90. The summed E-state index contributed by atoms with van der Waals surface area (Å²) >= 11 is 0. The van der Waals surface area contributed by atoms with Gasteiger partial charge in [0.1, 0.15) is 0 Å². The average molecular weight is 398 g/mol. The van der Waals surface area contributed by atoms with Crippen LogP contribution in [0.3, 0.4) is 0 Å². The molecule has 0 aliphatic carbocycles. The van der Waals surface area contributed by atoms with Crippen LogP contribution in [0.5, 0.6) is 0 Å². The summed E-state index contributed by atoms with van der Waals surface area (Å²) < 4.78 is 1.79. The van der Waals surface area contributed by atoms with E-state index in [-0.39, 0.29) is 5.91 Å². The molecule has 156 valence electrons. The Kier molecular flexibility index (Phi) is 6.41. The molecule has 1 aromatic heterocycles. The number of amides is 1. The number of anilines is 1. The molecule has 0 bridgehead atoms. The molecule has 8 heteroatoms. The van der Waals surface area contributed by atoms with Gasteiger partial charge in [-0.05, 0) is 24.5 Å². The van der Waals surface area contributed by atoms with E-state index in [0.717, 1.165) is 65.3 Å². The number of hydrogen-bond donors (Lipinski definition) is 1. The van der Waals surface area contributed by atoms with E-state index in [4.69, 9.17) is 0 Å². The van der Waals surface area contributed by atoms with Crippen LogP contribution >= 0.6 is 0 Å². The summed E-state index contributed by atoms with van der Waals surface area (Å²) in [5.41, 5.74) is 1.70. The predicted molar refractivity (Wildman–Crippen MR) is 113 cm³/mol. The molecule has 1 aromatic carbocycles. The Morgan fingerprint density at radius 3 is 2.76 bits per heavy atom. The van der Waals surface area contributed by atoms with Crippen LogP contribution in [0.4, 0.5) is 5.69 Å². The first-order valence-corrected chi connectivity index (χ1v) is 10.6. The Morgan fingerprint density at radius 2 is 1.97 bits per heavy atom. The topological polar surface area (TPSA) is 69.5 Å². The van der Waals surface area contributed by atoms with E-state index in [9.17, 15) is 4.79 Å². The maximum Gasteiger partial charge on any atom is 0.275 e. The number of carbonyl (C=O) groups is 1. The molecule has 2 saturated heterocycles. The fourth-order valence-electron chi connectivity index (χ4n) is 4.21. The van der Waals surface area contributed by atoms with Crippen molar-refractivity contribution >= 4 is 11.6 Å². The monoisotopic (exact) mass is 397 g/mol. The van der Waals surface area contributed by atoms with Crippen molar-refractivity contribution in [2.45, 2.75) is 13.0 Å².